The van der Waals surface area contributed by atoms with Gasteiger partial charge < -0.3 is 30.1 Å². The summed E-state index contributed by atoms with van der Waals surface area (Å²) in [6.07, 6.45) is 3.57. The number of nitrogens with one attached hydrogen (secondary N) is 2. The number of amides is 2. The average molecular weight is 533 g/mol. The molecule has 2 amide bonds. The minimum atomic E-state index is -0.538. The van der Waals surface area contributed by atoms with Gasteiger partial charge in [-0.3, -0.25) is 4.90 Å². The highest BCUT2D eigenvalue weighted by atomic mass is 16.7. The second kappa shape index (κ2) is 13.0. The van der Waals surface area contributed by atoms with Crippen molar-refractivity contribution in [2.24, 2.45) is 0 Å². The summed E-state index contributed by atoms with van der Waals surface area (Å²) in [6, 6.07) is 17.1. The predicted molar refractivity (Wildman–Crippen MR) is 148 cm³/mol. The molecule has 2 fully saturated rings. The summed E-state index contributed by atoms with van der Waals surface area (Å²) in [5.41, 5.74) is 3.53. The Morgan fingerprint density at radius 3 is 2.33 bits per heavy atom. The van der Waals surface area contributed by atoms with Gasteiger partial charge in [-0.25, -0.2) is 14.8 Å². The molecular formula is C29H36N6O4. The monoisotopic (exact) mass is 532 g/mol. The van der Waals surface area contributed by atoms with Gasteiger partial charge in [-0.05, 0) is 36.2 Å². The fraction of sp³-hybridized carbons (Fsp3) is 0.414. The van der Waals surface area contributed by atoms with Crippen LogP contribution >= 0.6 is 0 Å². The van der Waals surface area contributed by atoms with Gasteiger partial charge in [-0.1, -0.05) is 36.4 Å². The van der Waals surface area contributed by atoms with Gasteiger partial charge in [-0.15, -0.1) is 0 Å². The van der Waals surface area contributed by atoms with Crippen molar-refractivity contribution in [2.45, 2.75) is 38.4 Å². The Kier molecular flexibility index (Phi) is 9.00. The molecule has 0 radical (unpaired) electrons. The highest BCUT2D eigenvalue weighted by Gasteiger charge is 2.34. The summed E-state index contributed by atoms with van der Waals surface area (Å²) >= 11 is 0. The van der Waals surface area contributed by atoms with Gasteiger partial charge in [0.25, 0.3) is 0 Å². The molecule has 10 nitrogen and oxygen atoms in total. The first kappa shape index (κ1) is 27.0. The number of benzene rings is 2. The van der Waals surface area contributed by atoms with Crippen LogP contribution in [0.1, 0.15) is 42.4 Å². The van der Waals surface area contributed by atoms with Gasteiger partial charge in [0.2, 0.25) is 5.95 Å². The fourth-order valence-corrected chi connectivity index (χ4v) is 4.97. The molecule has 39 heavy (non-hydrogen) atoms. The normalized spacial score (nSPS) is 21.9. The van der Waals surface area contributed by atoms with E-state index < -0.39 is 6.29 Å². The van der Waals surface area contributed by atoms with Crippen molar-refractivity contribution < 1.29 is 19.4 Å². The van der Waals surface area contributed by atoms with Crippen LogP contribution in [0.5, 0.6) is 0 Å². The molecule has 3 N–H and O–H groups in total. The second-order valence-corrected chi connectivity index (χ2v) is 9.79. The van der Waals surface area contributed by atoms with E-state index >= 15 is 0 Å². The van der Waals surface area contributed by atoms with Crippen molar-refractivity contribution in [3.05, 3.63) is 83.7 Å². The first-order chi connectivity index (χ1) is 19.1. The number of aromatic nitrogens is 2. The van der Waals surface area contributed by atoms with E-state index in [0.717, 1.165) is 61.8 Å². The third-order valence-electron chi connectivity index (χ3n) is 7.06. The van der Waals surface area contributed by atoms with Gasteiger partial charge in [0.15, 0.2) is 6.29 Å². The summed E-state index contributed by atoms with van der Waals surface area (Å²) in [5, 5.41) is 15.0. The Morgan fingerprint density at radius 2 is 1.67 bits per heavy atom. The molecule has 0 unspecified atom stereocenters. The summed E-state index contributed by atoms with van der Waals surface area (Å²) in [7, 11) is 0. The lowest BCUT2D eigenvalue weighted by molar-refractivity contribution is -0.253. The van der Waals surface area contributed by atoms with Crippen molar-refractivity contribution in [1.82, 2.24) is 20.2 Å². The van der Waals surface area contributed by atoms with Crippen LogP contribution in [0.3, 0.4) is 0 Å². The quantitative estimate of drug-likeness (QED) is 0.404. The zero-order valence-electron chi connectivity index (χ0n) is 22.2. The fourth-order valence-electron chi connectivity index (χ4n) is 4.97. The van der Waals surface area contributed by atoms with E-state index in [1.165, 1.54) is 0 Å². The van der Waals surface area contributed by atoms with Crippen LogP contribution in [0.4, 0.5) is 16.4 Å². The summed E-state index contributed by atoms with van der Waals surface area (Å²) < 4.78 is 13.0. The van der Waals surface area contributed by atoms with Crippen molar-refractivity contribution >= 4 is 17.7 Å². The lowest BCUT2D eigenvalue weighted by atomic mass is 9.99. The number of rotatable bonds is 8. The molecule has 2 saturated heterocycles. The number of aliphatic hydroxyl groups is 1. The predicted octanol–water partition coefficient (Wildman–Crippen LogP) is 3.48. The van der Waals surface area contributed by atoms with E-state index in [-0.39, 0.29) is 24.8 Å². The van der Waals surface area contributed by atoms with Crippen molar-refractivity contribution in [3.63, 3.8) is 0 Å². The molecular weight excluding hydrogens is 496 g/mol. The Hall–Kier alpha value is -3.57. The Bertz CT molecular complexity index is 1190. The van der Waals surface area contributed by atoms with Crippen LogP contribution in [-0.2, 0) is 16.1 Å². The van der Waals surface area contributed by atoms with E-state index in [2.05, 4.69) is 30.4 Å². The standard InChI is InChI=1S/C29H36N6O4/c1-2-30-29(37)33-24-10-8-23(9-11-24)27-38-25(18-26(39-27)22-6-4-21(20-36)5-7-22)19-34-14-16-35(17-15-34)28-31-12-3-13-32-28/h3-13,25-27,36H,2,14-20H2,1H3,(H2,30,33,37)/t25-,26+,27+/m1/s1. The molecule has 3 aromatic rings. The zero-order valence-corrected chi connectivity index (χ0v) is 22.2. The zero-order chi connectivity index (χ0) is 27.0. The number of ether oxygens (including phenoxy) is 2. The first-order valence-electron chi connectivity index (χ1n) is 13.5. The van der Waals surface area contributed by atoms with Crippen molar-refractivity contribution in [1.29, 1.82) is 0 Å². The van der Waals surface area contributed by atoms with Crippen LogP contribution in [-0.4, -0.2) is 71.4 Å². The number of carbonyl (C=O) groups excluding carboxylic acids is 1. The van der Waals surface area contributed by atoms with Gasteiger partial charge in [0.1, 0.15) is 0 Å². The highest BCUT2D eigenvalue weighted by Crippen LogP contribution is 2.38. The van der Waals surface area contributed by atoms with Gasteiger partial charge in [0, 0.05) is 69.3 Å². The molecule has 0 aliphatic carbocycles. The average Bonchev–Trinajstić information content (AvgIpc) is 2.98. The molecule has 0 spiro atoms. The van der Waals surface area contributed by atoms with E-state index in [0.29, 0.717) is 12.2 Å². The Balaban J connectivity index is 1.27. The minimum absolute atomic E-state index is 0.0107. The van der Waals surface area contributed by atoms with Gasteiger partial charge in [0.05, 0.1) is 18.8 Å². The number of carbonyl (C=O) groups is 1. The van der Waals surface area contributed by atoms with E-state index in [4.69, 9.17) is 9.47 Å². The molecule has 3 heterocycles. The van der Waals surface area contributed by atoms with Crippen molar-refractivity contribution in [2.75, 3.05) is 49.5 Å². The third-order valence-corrected chi connectivity index (χ3v) is 7.06. The smallest absolute Gasteiger partial charge is 0.319 e. The molecule has 0 saturated carbocycles. The largest absolute Gasteiger partial charge is 0.392 e. The first-order valence-corrected chi connectivity index (χ1v) is 13.5. The van der Waals surface area contributed by atoms with Crippen LogP contribution in [0.15, 0.2) is 67.0 Å². The molecule has 3 atom stereocenters. The van der Waals surface area contributed by atoms with E-state index in [1.807, 2.05) is 61.5 Å². The lowest BCUT2D eigenvalue weighted by Crippen LogP contribution is -2.50. The number of hydrogen-bond donors (Lipinski definition) is 3. The molecule has 2 aromatic carbocycles. The summed E-state index contributed by atoms with van der Waals surface area (Å²) in [5.74, 6) is 0.774. The van der Waals surface area contributed by atoms with E-state index in [1.54, 1.807) is 12.4 Å². The molecule has 2 aliphatic rings. The van der Waals surface area contributed by atoms with Crippen LogP contribution in [0, 0.1) is 0 Å². The molecule has 0 bridgehead atoms. The molecule has 1 aromatic heterocycles. The third kappa shape index (κ3) is 7.10. The minimum Gasteiger partial charge on any atom is -0.392 e. The van der Waals surface area contributed by atoms with Crippen LogP contribution in [0.2, 0.25) is 0 Å². The second-order valence-electron chi connectivity index (χ2n) is 9.79. The maximum absolute atomic E-state index is 11.9. The maximum atomic E-state index is 11.9. The molecule has 5 rings (SSSR count). The number of anilines is 2. The van der Waals surface area contributed by atoms with Crippen molar-refractivity contribution in [3.8, 4) is 0 Å². The number of aliphatic hydroxyl groups excluding tert-OH is 1. The van der Waals surface area contributed by atoms with Gasteiger partial charge >= 0.3 is 6.03 Å². The summed E-state index contributed by atoms with van der Waals surface area (Å²) in [4.78, 5) is 25.3. The Labute approximate surface area is 229 Å². The van der Waals surface area contributed by atoms with Crippen LogP contribution < -0.4 is 15.5 Å². The maximum Gasteiger partial charge on any atom is 0.319 e. The van der Waals surface area contributed by atoms with Gasteiger partial charge in [-0.2, -0.15) is 0 Å². The summed E-state index contributed by atoms with van der Waals surface area (Å²) in [6.45, 7) is 6.78. The molecule has 206 valence electrons. The topological polar surface area (TPSA) is 112 Å². The lowest BCUT2D eigenvalue weighted by Gasteiger charge is -2.40. The number of piperazine rings is 1. The number of nitrogens with zero attached hydrogens (tertiary/aromatic N) is 4. The van der Waals surface area contributed by atoms with Crippen LogP contribution in [0.25, 0.3) is 0 Å². The highest BCUT2D eigenvalue weighted by molar-refractivity contribution is 5.89. The molecule has 10 heteroatoms. The SMILES string of the molecule is CCNC(=O)Nc1ccc([C@H]2O[C@@H](CN3CCN(c4ncccn4)CC3)C[C@@H](c3ccc(CO)cc3)O2)cc1. The molecule has 2 aliphatic heterocycles. The number of urea groups is 1. The Morgan fingerprint density at radius 1 is 0.974 bits per heavy atom. The van der Waals surface area contributed by atoms with E-state index in [9.17, 15) is 9.90 Å². The number of hydrogen-bond acceptors (Lipinski definition) is 8.